The summed E-state index contributed by atoms with van der Waals surface area (Å²) >= 11 is 1.12. The first kappa shape index (κ1) is 14.0. The summed E-state index contributed by atoms with van der Waals surface area (Å²) in [6.45, 7) is 1.47. The average molecular weight is 256 g/mol. The van der Waals surface area contributed by atoms with E-state index < -0.39 is 12.2 Å². The lowest BCUT2D eigenvalue weighted by atomic mass is 10.0. The molecule has 0 bridgehead atoms. The molecular formula is C12H16O4S. The number of rotatable bonds is 5. The Labute approximate surface area is 104 Å². The number of phenols is 1. The van der Waals surface area contributed by atoms with E-state index in [2.05, 4.69) is 0 Å². The Balaban J connectivity index is 2.48. The molecule has 0 radical (unpaired) electrons. The molecule has 0 saturated heterocycles. The highest BCUT2D eigenvalue weighted by molar-refractivity contribution is 8.13. The Morgan fingerprint density at radius 3 is 2.41 bits per heavy atom. The van der Waals surface area contributed by atoms with Gasteiger partial charge < -0.3 is 15.3 Å². The predicted octanol–water partition coefficient (Wildman–Crippen LogP) is 1.46. The fourth-order valence-electron chi connectivity index (χ4n) is 1.37. The van der Waals surface area contributed by atoms with Gasteiger partial charge in [0, 0.05) is 12.7 Å². The summed E-state index contributed by atoms with van der Waals surface area (Å²) in [6, 6.07) is 6.02. The lowest BCUT2D eigenvalue weighted by molar-refractivity contribution is -0.109. The lowest BCUT2D eigenvalue weighted by Crippen LogP contribution is -2.19. The van der Waals surface area contributed by atoms with Gasteiger partial charge in [-0.05, 0) is 24.1 Å². The van der Waals surface area contributed by atoms with E-state index in [1.165, 1.54) is 19.1 Å². The molecular weight excluding hydrogens is 240 g/mol. The third-order valence-corrected chi connectivity index (χ3v) is 3.16. The third kappa shape index (κ3) is 4.77. The number of benzene rings is 1. The largest absolute Gasteiger partial charge is 0.508 e. The van der Waals surface area contributed by atoms with Gasteiger partial charge in [-0.1, -0.05) is 23.9 Å². The molecule has 0 heterocycles. The molecule has 0 amide bonds. The standard InChI is InChI=1S/C12H16O4S/c1-8(13)17-7-6-11(15)12(16)9-2-4-10(14)5-3-9/h2-5,11-12,14-16H,6-7H2,1H3. The van der Waals surface area contributed by atoms with Gasteiger partial charge in [0.05, 0.1) is 6.10 Å². The number of aromatic hydroxyl groups is 1. The van der Waals surface area contributed by atoms with Crippen LogP contribution >= 0.6 is 11.8 Å². The summed E-state index contributed by atoms with van der Waals surface area (Å²) in [5, 5.41) is 28.6. The molecule has 1 rings (SSSR count). The zero-order valence-electron chi connectivity index (χ0n) is 9.54. The first-order valence-electron chi connectivity index (χ1n) is 5.29. The summed E-state index contributed by atoms with van der Waals surface area (Å²) in [6.07, 6.45) is -1.57. The van der Waals surface area contributed by atoms with E-state index in [9.17, 15) is 15.0 Å². The molecule has 0 fully saturated rings. The molecule has 3 N–H and O–H groups in total. The number of hydrogen-bond acceptors (Lipinski definition) is 5. The Morgan fingerprint density at radius 2 is 1.88 bits per heavy atom. The van der Waals surface area contributed by atoms with Crippen LogP contribution in [-0.2, 0) is 4.79 Å². The van der Waals surface area contributed by atoms with Gasteiger partial charge in [0.15, 0.2) is 5.12 Å². The Hall–Kier alpha value is -1.04. The van der Waals surface area contributed by atoms with Crippen LogP contribution in [0, 0.1) is 0 Å². The van der Waals surface area contributed by atoms with Gasteiger partial charge in [0.25, 0.3) is 0 Å². The van der Waals surface area contributed by atoms with E-state index >= 15 is 0 Å². The minimum Gasteiger partial charge on any atom is -0.508 e. The van der Waals surface area contributed by atoms with Crippen molar-refractivity contribution in [3.8, 4) is 5.75 Å². The SMILES string of the molecule is CC(=O)SCCC(O)C(O)c1ccc(O)cc1. The van der Waals surface area contributed by atoms with Crippen LogP contribution in [0.4, 0.5) is 0 Å². The number of carbonyl (C=O) groups excluding carboxylic acids is 1. The van der Waals surface area contributed by atoms with Crippen molar-refractivity contribution in [3.63, 3.8) is 0 Å². The Morgan fingerprint density at radius 1 is 1.29 bits per heavy atom. The van der Waals surface area contributed by atoms with Gasteiger partial charge in [-0.25, -0.2) is 0 Å². The molecule has 1 aromatic rings. The maximum absolute atomic E-state index is 10.7. The Bertz CT molecular complexity index is 363. The molecule has 2 unspecified atom stereocenters. The molecule has 0 saturated carbocycles. The van der Waals surface area contributed by atoms with Crippen LogP contribution in [0.1, 0.15) is 25.0 Å². The minimum absolute atomic E-state index is 0.00340. The molecule has 0 aliphatic carbocycles. The van der Waals surface area contributed by atoms with Gasteiger partial charge in [0.1, 0.15) is 11.9 Å². The molecule has 0 aliphatic rings. The van der Waals surface area contributed by atoms with Gasteiger partial charge >= 0.3 is 0 Å². The van der Waals surface area contributed by atoms with Gasteiger partial charge in [0.2, 0.25) is 0 Å². The summed E-state index contributed by atoms with van der Waals surface area (Å²) in [5.74, 6) is 0.591. The summed E-state index contributed by atoms with van der Waals surface area (Å²) in [7, 11) is 0. The number of hydrogen-bond donors (Lipinski definition) is 3. The first-order chi connectivity index (χ1) is 8.00. The lowest BCUT2D eigenvalue weighted by Gasteiger charge is -2.17. The van der Waals surface area contributed by atoms with Crippen molar-refractivity contribution in [1.82, 2.24) is 0 Å². The van der Waals surface area contributed by atoms with Crippen molar-refractivity contribution >= 4 is 16.9 Å². The molecule has 0 aliphatic heterocycles. The van der Waals surface area contributed by atoms with Crippen molar-refractivity contribution in [2.45, 2.75) is 25.6 Å². The maximum Gasteiger partial charge on any atom is 0.185 e. The number of aliphatic hydroxyl groups is 2. The fourth-order valence-corrected chi connectivity index (χ4v) is 2.02. The van der Waals surface area contributed by atoms with Crippen molar-refractivity contribution in [1.29, 1.82) is 0 Å². The summed E-state index contributed by atoms with van der Waals surface area (Å²) in [5.41, 5.74) is 0.545. The number of carbonyl (C=O) groups is 1. The summed E-state index contributed by atoms with van der Waals surface area (Å²) in [4.78, 5) is 10.7. The van der Waals surface area contributed by atoms with Crippen LogP contribution < -0.4 is 0 Å². The van der Waals surface area contributed by atoms with Crippen molar-refractivity contribution < 1.29 is 20.1 Å². The average Bonchev–Trinajstić information content (AvgIpc) is 2.28. The summed E-state index contributed by atoms with van der Waals surface area (Å²) < 4.78 is 0. The van der Waals surface area contributed by atoms with Crippen LogP contribution in [0.25, 0.3) is 0 Å². The second-order valence-corrected chi connectivity index (χ2v) is 5.00. The zero-order valence-corrected chi connectivity index (χ0v) is 10.4. The fraction of sp³-hybridized carbons (Fsp3) is 0.417. The smallest absolute Gasteiger partial charge is 0.185 e. The van der Waals surface area contributed by atoms with Gasteiger partial charge in [-0.2, -0.15) is 0 Å². The monoisotopic (exact) mass is 256 g/mol. The normalized spacial score (nSPS) is 14.3. The van der Waals surface area contributed by atoms with E-state index in [1.807, 2.05) is 0 Å². The number of thioether (sulfide) groups is 1. The number of phenolic OH excluding ortho intramolecular Hbond substituents is 1. The van der Waals surface area contributed by atoms with Crippen molar-refractivity contribution in [2.75, 3.05) is 5.75 Å². The molecule has 2 atom stereocenters. The van der Waals surface area contributed by atoms with E-state index in [0.29, 0.717) is 17.7 Å². The highest BCUT2D eigenvalue weighted by Gasteiger charge is 2.18. The Kier molecular flexibility index (Phi) is 5.47. The topological polar surface area (TPSA) is 77.8 Å². The van der Waals surface area contributed by atoms with Gasteiger partial charge in [-0.3, -0.25) is 4.79 Å². The predicted molar refractivity (Wildman–Crippen MR) is 66.8 cm³/mol. The van der Waals surface area contributed by atoms with Gasteiger partial charge in [-0.15, -0.1) is 0 Å². The van der Waals surface area contributed by atoms with Crippen LogP contribution in [0.2, 0.25) is 0 Å². The zero-order chi connectivity index (χ0) is 12.8. The molecule has 4 nitrogen and oxygen atoms in total. The second kappa shape index (κ2) is 6.64. The van der Waals surface area contributed by atoms with Crippen molar-refractivity contribution in [3.05, 3.63) is 29.8 Å². The highest BCUT2D eigenvalue weighted by Crippen LogP contribution is 2.22. The van der Waals surface area contributed by atoms with Crippen LogP contribution in [0.3, 0.4) is 0 Å². The second-order valence-electron chi connectivity index (χ2n) is 3.73. The first-order valence-corrected chi connectivity index (χ1v) is 6.27. The quantitative estimate of drug-likeness (QED) is 0.743. The molecule has 0 aromatic heterocycles. The third-order valence-electron chi connectivity index (χ3n) is 2.32. The minimum atomic E-state index is -0.997. The molecule has 17 heavy (non-hydrogen) atoms. The molecule has 1 aromatic carbocycles. The number of aliphatic hydroxyl groups excluding tert-OH is 2. The highest BCUT2D eigenvalue weighted by atomic mass is 32.2. The van der Waals surface area contributed by atoms with Crippen LogP contribution in [-0.4, -0.2) is 32.3 Å². The molecule has 0 spiro atoms. The van der Waals surface area contributed by atoms with E-state index in [4.69, 9.17) is 5.11 Å². The van der Waals surface area contributed by atoms with Crippen LogP contribution in [0.5, 0.6) is 5.75 Å². The molecule has 5 heteroatoms. The van der Waals surface area contributed by atoms with E-state index in [1.54, 1.807) is 12.1 Å². The van der Waals surface area contributed by atoms with Crippen molar-refractivity contribution in [2.24, 2.45) is 0 Å². The van der Waals surface area contributed by atoms with E-state index in [-0.39, 0.29) is 10.9 Å². The maximum atomic E-state index is 10.7. The van der Waals surface area contributed by atoms with Crippen LogP contribution in [0.15, 0.2) is 24.3 Å². The van der Waals surface area contributed by atoms with E-state index in [0.717, 1.165) is 11.8 Å². The molecule has 94 valence electrons.